The van der Waals surface area contributed by atoms with E-state index in [4.69, 9.17) is 0 Å². The second-order valence-corrected chi connectivity index (χ2v) is 3.20. The molecule has 0 unspecified atom stereocenters. The Kier molecular flexibility index (Phi) is 3.48. The Labute approximate surface area is 79.1 Å². The standard InChI is InChI=1S/C12H14O/c1-3-4-12(9-13)11-7-5-10(2)6-8-11/h5-8H,3-4H2,1-2H3. The van der Waals surface area contributed by atoms with E-state index >= 15 is 0 Å². The van der Waals surface area contributed by atoms with Gasteiger partial charge >= 0.3 is 0 Å². The average Bonchev–Trinajstić information content (AvgIpc) is 2.16. The van der Waals surface area contributed by atoms with Crippen LogP contribution in [0.5, 0.6) is 0 Å². The molecule has 1 heteroatoms. The van der Waals surface area contributed by atoms with Gasteiger partial charge in [0.2, 0.25) is 0 Å². The molecule has 0 aliphatic carbocycles. The molecule has 68 valence electrons. The SMILES string of the molecule is CCCC(=C=O)c1ccc(C)cc1. The van der Waals surface area contributed by atoms with Crippen molar-refractivity contribution in [3.63, 3.8) is 0 Å². The van der Waals surface area contributed by atoms with E-state index < -0.39 is 0 Å². The average molecular weight is 174 g/mol. The van der Waals surface area contributed by atoms with E-state index in [1.165, 1.54) is 5.56 Å². The van der Waals surface area contributed by atoms with Crippen LogP contribution in [0, 0.1) is 6.92 Å². The van der Waals surface area contributed by atoms with E-state index in [-0.39, 0.29) is 0 Å². The molecule has 0 radical (unpaired) electrons. The summed E-state index contributed by atoms with van der Waals surface area (Å²) >= 11 is 0. The Balaban J connectivity index is 2.93. The van der Waals surface area contributed by atoms with Crippen LogP contribution in [0.1, 0.15) is 30.9 Å². The van der Waals surface area contributed by atoms with Crippen LogP contribution in [0.4, 0.5) is 0 Å². The van der Waals surface area contributed by atoms with E-state index in [1.54, 1.807) is 0 Å². The number of aryl methyl sites for hydroxylation is 1. The molecule has 0 saturated heterocycles. The minimum atomic E-state index is 0.780. The molecule has 0 N–H and O–H groups in total. The molecule has 0 bridgehead atoms. The molecule has 0 saturated carbocycles. The number of hydrogen-bond acceptors (Lipinski definition) is 1. The summed E-state index contributed by atoms with van der Waals surface area (Å²) in [5.41, 5.74) is 3.00. The summed E-state index contributed by atoms with van der Waals surface area (Å²) in [6, 6.07) is 7.99. The number of allylic oxidation sites excluding steroid dienone is 1. The first kappa shape index (κ1) is 9.76. The number of hydrogen-bond donors (Lipinski definition) is 0. The summed E-state index contributed by atoms with van der Waals surface area (Å²) in [5, 5.41) is 0. The third-order valence-electron chi connectivity index (χ3n) is 2.02. The van der Waals surface area contributed by atoms with E-state index in [9.17, 15) is 4.79 Å². The summed E-state index contributed by atoms with van der Waals surface area (Å²) in [6.07, 6.45) is 1.80. The second-order valence-electron chi connectivity index (χ2n) is 3.20. The minimum Gasteiger partial charge on any atom is -0.233 e. The largest absolute Gasteiger partial charge is 0.233 e. The fourth-order valence-corrected chi connectivity index (χ4v) is 1.26. The van der Waals surface area contributed by atoms with Crippen LogP contribution in [0.25, 0.3) is 5.57 Å². The van der Waals surface area contributed by atoms with Gasteiger partial charge in [-0.2, -0.15) is 0 Å². The highest BCUT2D eigenvalue weighted by Crippen LogP contribution is 2.16. The predicted octanol–water partition coefficient (Wildman–Crippen LogP) is 3.01. The molecule has 0 aliphatic rings. The lowest BCUT2D eigenvalue weighted by Crippen LogP contribution is -1.85. The smallest absolute Gasteiger partial charge is 0.128 e. The zero-order valence-electron chi connectivity index (χ0n) is 8.13. The van der Waals surface area contributed by atoms with Crippen LogP contribution in [-0.4, -0.2) is 5.94 Å². The Morgan fingerprint density at radius 1 is 1.31 bits per heavy atom. The van der Waals surface area contributed by atoms with Crippen molar-refractivity contribution in [1.82, 2.24) is 0 Å². The quantitative estimate of drug-likeness (QED) is 0.644. The topological polar surface area (TPSA) is 17.1 Å². The molecule has 0 spiro atoms. The van der Waals surface area contributed by atoms with Gasteiger partial charge in [-0.3, -0.25) is 0 Å². The fraction of sp³-hybridized carbons (Fsp3) is 0.333. The zero-order valence-corrected chi connectivity index (χ0v) is 8.13. The summed E-state index contributed by atoms with van der Waals surface area (Å²) in [6.45, 7) is 4.10. The zero-order chi connectivity index (χ0) is 9.68. The number of rotatable bonds is 3. The molecule has 0 fully saturated rings. The molecule has 0 aliphatic heterocycles. The van der Waals surface area contributed by atoms with Gasteiger partial charge in [0.15, 0.2) is 0 Å². The molecule has 1 rings (SSSR count). The van der Waals surface area contributed by atoms with Gasteiger partial charge in [-0.25, -0.2) is 4.79 Å². The van der Waals surface area contributed by atoms with E-state index in [1.807, 2.05) is 37.1 Å². The van der Waals surface area contributed by atoms with Gasteiger partial charge < -0.3 is 0 Å². The summed E-state index contributed by atoms with van der Waals surface area (Å²) in [7, 11) is 0. The van der Waals surface area contributed by atoms with Crippen molar-refractivity contribution in [1.29, 1.82) is 0 Å². The van der Waals surface area contributed by atoms with Gasteiger partial charge in [0.25, 0.3) is 0 Å². The Hall–Kier alpha value is -1.33. The fourth-order valence-electron chi connectivity index (χ4n) is 1.26. The predicted molar refractivity (Wildman–Crippen MR) is 55.2 cm³/mol. The van der Waals surface area contributed by atoms with Gasteiger partial charge in [0, 0.05) is 5.57 Å². The normalized spacial score (nSPS) is 9.38. The van der Waals surface area contributed by atoms with Crippen LogP contribution < -0.4 is 0 Å². The first-order valence-corrected chi connectivity index (χ1v) is 4.59. The first-order chi connectivity index (χ1) is 6.27. The Morgan fingerprint density at radius 3 is 2.38 bits per heavy atom. The van der Waals surface area contributed by atoms with Crippen molar-refractivity contribution in [2.45, 2.75) is 26.7 Å². The highest BCUT2D eigenvalue weighted by Gasteiger charge is 2.00. The molecule has 13 heavy (non-hydrogen) atoms. The molecule has 0 atom stereocenters. The van der Waals surface area contributed by atoms with Crippen molar-refractivity contribution >= 4 is 11.5 Å². The summed E-state index contributed by atoms with van der Waals surface area (Å²) in [4.78, 5) is 10.6. The van der Waals surface area contributed by atoms with Crippen molar-refractivity contribution in [3.8, 4) is 0 Å². The maximum Gasteiger partial charge on any atom is 0.128 e. The molecular weight excluding hydrogens is 160 g/mol. The van der Waals surface area contributed by atoms with Crippen LogP contribution in [0.2, 0.25) is 0 Å². The third kappa shape index (κ3) is 2.57. The molecule has 1 aromatic rings. The van der Waals surface area contributed by atoms with Crippen LogP contribution in [-0.2, 0) is 4.79 Å². The van der Waals surface area contributed by atoms with Crippen LogP contribution >= 0.6 is 0 Å². The van der Waals surface area contributed by atoms with Gasteiger partial charge in [0.05, 0.1) is 0 Å². The van der Waals surface area contributed by atoms with Crippen molar-refractivity contribution in [2.24, 2.45) is 0 Å². The van der Waals surface area contributed by atoms with Crippen molar-refractivity contribution in [2.75, 3.05) is 0 Å². The van der Waals surface area contributed by atoms with E-state index in [0.717, 1.165) is 24.0 Å². The highest BCUT2D eigenvalue weighted by atomic mass is 16.1. The van der Waals surface area contributed by atoms with Gasteiger partial charge in [0.1, 0.15) is 5.94 Å². The minimum absolute atomic E-state index is 0.780. The third-order valence-corrected chi connectivity index (χ3v) is 2.02. The first-order valence-electron chi connectivity index (χ1n) is 4.59. The molecule has 0 heterocycles. The van der Waals surface area contributed by atoms with Crippen LogP contribution in [0.15, 0.2) is 24.3 Å². The van der Waals surface area contributed by atoms with Gasteiger partial charge in [-0.05, 0) is 18.9 Å². The lowest BCUT2D eigenvalue weighted by molar-refractivity contribution is 0.569. The van der Waals surface area contributed by atoms with Crippen LogP contribution in [0.3, 0.4) is 0 Å². The van der Waals surface area contributed by atoms with Gasteiger partial charge in [-0.1, -0.05) is 43.2 Å². The summed E-state index contributed by atoms with van der Waals surface area (Å²) in [5.74, 6) is 2.01. The van der Waals surface area contributed by atoms with Crippen molar-refractivity contribution < 1.29 is 4.79 Å². The van der Waals surface area contributed by atoms with Gasteiger partial charge in [-0.15, -0.1) is 0 Å². The molecule has 0 aromatic heterocycles. The maximum atomic E-state index is 10.6. The molecule has 1 aromatic carbocycles. The summed E-state index contributed by atoms with van der Waals surface area (Å²) < 4.78 is 0. The molecule has 1 nitrogen and oxygen atoms in total. The monoisotopic (exact) mass is 174 g/mol. The number of benzene rings is 1. The molecular formula is C12H14O. The second kappa shape index (κ2) is 4.64. The van der Waals surface area contributed by atoms with E-state index in [2.05, 4.69) is 6.92 Å². The lowest BCUT2D eigenvalue weighted by Gasteiger charge is -2.01. The molecule has 0 amide bonds. The lowest BCUT2D eigenvalue weighted by atomic mass is 10.0. The maximum absolute atomic E-state index is 10.6. The van der Waals surface area contributed by atoms with E-state index in [0.29, 0.717) is 0 Å². The highest BCUT2D eigenvalue weighted by molar-refractivity contribution is 5.87. The Morgan fingerprint density at radius 2 is 1.92 bits per heavy atom. The Bertz CT molecular complexity index is 315. The van der Waals surface area contributed by atoms with Crippen molar-refractivity contribution in [3.05, 3.63) is 35.4 Å². The number of carbonyl (C=O) groups excluding carboxylic acids is 1.